The van der Waals surface area contributed by atoms with Crippen LogP contribution in [0.3, 0.4) is 0 Å². The number of aromatic nitrogens is 2. The van der Waals surface area contributed by atoms with E-state index in [2.05, 4.69) is 170 Å². The normalized spacial score (nSPS) is 12.2. The number of benzene rings is 8. The zero-order valence-electron chi connectivity index (χ0n) is 27.9. The van der Waals surface area contributed by atoms with Crippen molar-refractivity contribution in [1.82, 2.24) is 9.97 Å². The number of hydrogen-bond acceptors (Lipinski definition) is 4. The van der Waals surface area contributed by atoms with Gasteiger partial charge in [0.1, 0.15) is 0 Å². The molecular formula is C48H28N2S2. The molecule has 4 heteroatoms. The molecule has 11 rings (SSSR count). The lowest BCUT2D eigenvalue weighted by Gasteiger charge is -2.24. The lowest BCUT2D eigenvalue weighted by atomic mass is 9.89. The van der Waals surface area contributed by atoms with Gasteiger partial charge in [0.2, 0.25) is 0 Å². The van der Waals surface area contributed by atoms with Gasteiger partial charge in [-0.1, -0.05) is 145 Å². The molecule has 242 valence electrons. The van der Waals surface area contributed by atoms with Gasteiger partial charge in [0, 0.05) is 57.4 Å². The molecule has 8 aromatic carbocycles. The molecule has 0 spiro atoms. The van der Waals surface area contributed by atoms with E-state index in [0.717, 1.165) is 33.5 Å². The maximum atomic E-state index is 5.38. The predicted molar refractivity (Wildman–Crippen MR) is 221 cm³/mol. The number of thiophene rings is 1. The molecule has 0 atom stereocenters. The van der Waals surface area contributed by atoms with Crippen LogP contribution in [0.2, 0.25) is 0 Å². The molecule has 2 aromatic heterocycles. The standard InChI is InChI=1S/C48H28N2S2/c1-2-10-29(11-3-1)30-20-22-31(23-21-30)33-14-9-19-42-45(33)39-16-8-15-36-37(26-27-43(52-42)46(36)39)48-49-40-17-6-4-13-38(40)47(50-48)32-24-25-35-34-12-5-7-18-41(34)51-44(35)28-32/h1-28H. The highest BCUT2D eigenvalue weighted by Gasteiger charge is 2.24. The zero-order valence-corrected chi connectivity index (χ0v) is 29.5. The zero-order chi connectivity index (χ0) is 34.2. The van der Waals surface area contributed by atoms with Crippen molar-refractivity contribution in [1.29, 1.82) is 0 Å². The van der Waals surface area contributed by atoms with Crippen LogP contribution in [0.1, 0.15) is 0 Å². The molecule has 2 nitrogen and oxygen atoms in total. The summed E-state index contributed by atoms with van der Waals surface area (Å²) in [7, 11) is 0. The van der Waals surface area contributed by atoms with Gasteiger partial charge in [-0.15, -0.1) is 11.3 Å². The quantitative estimate of drug-likeness (QED) is 0.183. The van der Waals surface area contributed by atoms with Crippen LogP contribution in [-0.2, 0) is 0 Å². The van der Waals surface area contributed by atoms with Gasteiger partial charge in [0.05, 0.1) is 11.2 Å². The minimum atomic E-state index is 0.745. The summed E-state index contributed by atoms with van der Waals surface area (Å²) in [5, 5.41) is 6.08. The van der Waals surface area contributed by atoms with Gasteiger partial charge in [-0.2, -0.15) is 0 Å². The average molecular weight is 697 g/mol. The minimum Gasteiger partial charge on any atom is -0.228 e. The van der Waals surface area contributed by atoms with Gasteiger partial charge in [-0.25, -0.2) is 9.97 Å². The summed E-state index contributed by atoms with van der Waals surface area (Å²) in [4.78, 5) is 13.1. The molecule has 0 fully saturated rings. The molecule has 0 amide bonds. The molecule has 0 saturated heterocycles. The molecular weight excluding hydrogens is 669 g/mol. The summed E-state index contributed by atoms with van der Waals surface area (Å²) < 4.78 is 2.57. The highest BCUT2D eigenvalue weighted by atomic mass is 32.2. The first-order valence-electron chi connectivity index (χ1n) is 17.5. The van der Waals surface area contributed by atoms with Crippen LogP contribution >= 0.6 is 23.1 Å². The van der Waals surface area contributed by atoms with E-state index in [1.165, 1.54) is 74.1 Å². The van der Waals surface area contributed by atoms with Crippen LogP contribution in [0, 0.1) is 0 Å². The van der Waals surface area contributed by atoms with E-state index in [0.29, 0.717) is 0 Å². The minimum absolute atomic E-state index is 0.745. The molecule has 0 saturated carbocycles. The fraction of sp³-hybridized carbons (Fsp3) is 0. The van der Waals surface area contributed by atoms with Crippen LogP contribution in [-0.4, -0.2) is 9.97 Å². The van der Waals surface area contributed by atoms with E-state index in [1.807, 2.05) is 23.1 Å². The van der Waals surface area contributed by atoms with E-state index < -0.39 is 0 Å². The highest BCUT2D eigenvalue weighted by Crippen LogP contribution is 2.52. The first kappa shape index (κ1) is 29.6. The van der Waals surface area contributed by atoms with E-state index >= 15 is 0 Å². The first-order chi connectivity index (χ1) is 25.8. The largest absolute Gasteiger partial charge is 0.228 e. The average Bonchev–Trinajstić information content (AvgIpc) is 3.59. The fourth-order valence-electron chi connectivity index (χ4n) is 7.88. The Morgan fingerprint density at radius 2 is 1.08 bits per heavy atom. The van der Waals surface area contributed by atoms with Gasteiger partial charge in [0.25, 0.3) is 0 Å². The SMILES string of the molecule is c1ccc(-c2ccc(-c3cccc4c3-c3cccc5c(-c6nc(-c7ccc8c(c7)sc7ccccc78)c7ccccc7n6)ccc(c35)S4)cc2)cc1. The summed E-state index contributed by atoms with van der Waals surface area (Å²) in [6.45, 7) is 0. The molecule has 1 aliphatic rings. The van der Waals surface area contributed by atoms with Crippen LogP contribution in [0.5, 0.6) is 0 Å². The maximum Gasteiger partial charge on any atom is 0.161 e. The van der Waals surface area contributed by atoms with Crippen molar-refractivity contribution in [2.24, 2.45) is 0 Å². The molecule has 0 aliphatic carbocycles. The lowest BCUT2D eigenvalue weighted by molar-refractivity contribution is 1.23. The number of rotatable bonds is 4. The Hall–Kier alpha value is -6.07. The van der Waals surface area contributed by atoms with Crippen LogP contribution in [0.25, 0.3) is 97.9 Å². The second-order valence-electron chi connectivity index (χ2n) is 13.3. The van der Waals surface area contributed by atoms with Crippen molar-refractivity contribution >= 4 is 64.9 Å². The number of fused-ring (bicyclic) bond motifs is 6. The Balaban J connectivity index is 1.07. The molecule has 10 aromatic rings. The van der Waals surface area contributed by atoms with Gasteiger partial charge in [0.15, 0.2) is 5.82 Å². The van der Waals surface area contributed by atoms with E-state index in [9.17, 15) is 0 Å². The second kappa shape index (κ2) is 11.7. The van der Waals surface area contributed by atoms with Crippen molar-refractivity contribution in [2.45, 2.75) is 9.79 Å². The number of para-hydroxylation sites is 1. The van der Waals surface area contributed by atoms with Gasteiger partial charge in [-0.05, 0) is 69.6 Å². The fourth-order valence-corrected chi connectivity index (χ4v) is 10.2. The number of hydrogen-bond donors (Lipinski definition) is 0. The Morgan fingerprint density at radius 1 is 0.385 bits per heavy atom. The van der Waals surface area contributed by atoms with E-state index in [1.54, 1.807) is 0 Å². The summed E-state index contributed by atoms with van der Waals surface area (Å²) in [6, 6.07) is 61.3. The smallest absolute Gasteiger partial charge is 0.161 e. The molecule has 1 aliphatic heterocycles. The van der Waals surface area contributed by atoms with Gasteiger partial charge in [-0.3, -0.25) is 0 Å². The third-order valence-electron chi connectivity index (χ3n) is 10.3. The molecule has 52 heavy (non-hydrogen) atoms. The number of nitrogens with zero attached hydrogens (tertiary/aromatic N) is 2. The van der Waals surface area contributed by atoms with Gasteiger partial charge >= 0.3 is 0 Å². The van der Waals surface area contributed by atoms with Crippen LogP contribution < -0.4 is 0 Å². The Morgan fingerprint density at radius 3 is 1.98 bits per heavy atom. The molecule has 0 N–H and O–H groups in total. The molecule has 0 radical (unpaired) electrons. The molecule has 0 bridgehead atoms. The van der Waals surface area contributed by atoms with Crippen molar-refractivity contribution in [3.05, 3.63) is 170 Å². The third-order valence-corrected chi connectivity index (χ3v) is 12.6. The maximum absolute atomic E-state index is 5.38. The molecule has 3 heterocycles. The predicted octanol–water partition coefficient (Wildman–Crippen LogP) is 14.0. The second-order valence-corrected chi connectivity index (χ2v) is 15.5. The summed E-state index contributed by atoms with van der Waals surface area (Å²) in [6.07, 6.45) is 0. The first-order valence-corrected chi connectivity index (χ1v) is 19.1. The monoisotopic (exact) mass is 696 g/mol. The topological polar surface area (TPSA) is 25.8 Å². The summed E-state index contributed by atoms with van der Waals surface area (Å²) in [5.74, 6) is 0.745. The van der Waals surface area contributed by atoms with Crippen molar-refractivity contribution in [3.63, 3.8) is 0 Å². The van der Waals surface area contributed by atoms with Crippen molar-refractivity contribution in [3.8, 4) is 56.0 Å². The van der Waals surface area contributed by atoms with E-state index in [4.69, 9.17) is 9.97 Å². The van der Waals surface area contributed by atoms with Gasteiger partial charge < -0.3 is 0 Å². The third kappa shape index (κ3) is 4.65. The lowest BCUT2D eigenvalue weighted by Crippen LogP contribution is -1.99. The Kier molecular flexibility index (Phi) is 6.69. The Bertz CT molecular complexity index is 3030. The summed E-state index contributed by atoms with van der Waals surface area (Å²) in [5.41, 5.74) is 11.5. The van der Waals surface area contributed by atoms with Crippen molar-refractivity contribution in [2.75, 3.05) is 0 Å². The van der Waals surface area contributed by atoms with E-state index in [-0.39, 0.29) is 0 Å². The molecule has 0 unspecified atom stereocenters. The summed E-state index contributed by atoms with van der Waals surface area (Å²) >= 11 is 3.69. The Labute approximate surface area is 309 Å². The van der Waals surface area contributed by atoms with Crippen molar-refractivity contribution < 1.29 is 0 Å². The van der Waals surface area contributed by atoms with Crippen LogP contribution in [0.4, 0.5) is 0 Å². The highest BCUT2D eigenvalue weighted by molar-refractivity contribution is 7.99. The van der Waals surface area contributed by atoms with Crippen LogP contribution in [0.15, 0.2) is 180 Å².